The summed E-state index contributed by atoms with van der Waals surface area (Å²) in [6.45, 7) is 13.0. The summed E-state index contributed by atoms with van der Waals surface area (Å²) in [5.41, 5.74) is 10.9. The van der Waals surface area contributed by atoms with E-state index < -0.39 is 0 Å². The van der Waals surface area contributed by atoms with Gasteiger partial charge in [-0.25, -0.2) is 0 Å². The van der Waals surface area contributed by atoms with Crippen LogP contribution in [0.15, 0.2) is 79.1 Å². The fourth-order valence-electron chi connectivity index (χ4n) is 2.02. The van der Waals surface area contributed by atoms with Gasteiger partial charge < -0.3 is 11.1 Å². The summed E-state index contributed by atoms with van der Waals surface area (Å²) in [6, 6.07) is 8.29. The first kappa shape index (κ1) is 17.6. The topological polar surface area (TPSA) is 38.0 Å². The van der Waals surface area contributed by atoms with E-state index in [1.54, 1.807) is 6.20 Å². The maximum atomic E-state index is 5.70. The van der Waals surface area contributed by atoms with Crippen LogP contribution in [-0.2, 0) is 0 Å². The first-order valence-electron chi connectivity index (χ1n) is 7.47. The molecule has 0 unspecified atom stereocenters. The van der Waals surface area contributed by atoms with Crippen molar-refractivity contribution in [3.8, 4) is 0 Å². The van der Waals surface area contributed by atoms with Crippen LogP contribution in [0.25, 0.3) is 5.70 Å². The third-order valence-electron chi connectivity index (χ3n) is 3.31. The highest BCUT2D eigenvalue weighted by Gasteiger charge is 2.02. The first-order valence-corrected chi connectivity index (χ1v) is 7.47. The van der Waals surface area contributed by atoms with E-state index >= 15 is 0 Å². The minimum atomic E-state index is 0.770. The summed E-state index contributed by atoms with van der Waals surface area (Å²) < 4.78 is 0. The van der Waals surface area contributed by atoms with Crippen LogP contribution in [0.1, 0.15) is 24.5 Å². The number of allylic oxidation sites excluding steroid dienone is 5. The second-order valence-corrected chi connectivity index (χ2v) is 5.13. The number of aryl methyl sites for hydroxylation is 1. The molecule has 0 bridgehead atoms. The predicted molar refractivity (Wildman–Crippen MR) is 98.2 cm³/mol. The highest BCUT2D eigenvalue weighted by molar-refractivity contribution is 5.62. The number of benzene rings is 1. The Morgan fingerprint density at radius 3 is 2.68 bits per heavy atom. The van der Waals surface area contributed by atoms with Crippen molar-refractivity contribution in [2.75, 3.05) is 6.54 Å². The highest BCUT2D eigenvalue weighted by Crippen LogP contribution is 2.14. The smallest absolute Gasteiger partial charge is 0.0340 e. The molecule has 3 N–H and O–H groups in total. The standard InChI is InChI=1S/C20H26N2/c1-5-6-7-10-17(3)20(15-21)12-13-22-18(4)19-11-8-9-16(2)14-19/h5-11,14-15,22H,3-4,12-13,21H2,1-2H3/b6-5-,10-7-,20-15-. The van der Waals surface area contributed by atoms with Crippen LogP contribution in [-0.4, -0.2) is 6.54 Å². The van der Waals surface area contributed by atoms with Gasteiger partial charge in [-0.05, 0) is 49.2 Å². The summed E-state index contributed by atoms with van der Waals surface area (Å²) in [5.74, 6) is 0. The van der Waals surface area contributed by atoms with Crippen LogP contribution in [0.5, 0.6) is 0 Å². The molecule has 2 heteroatoms. The van der Waals surface area contributed by atoms with Crippen molar-refractivity contribution in [3.05, 3.63) is 90.2 Å². The molecule has 2 nitrogen and oxygen atoms in total. The van der Waals surface area contributed by atoms with Crippen molar-refractivity contribution in [2.45, 2.75) is 20.3 Å². The number of hydrogen-bond acceptors (Lipinski definition) is 2. The average Bonchev–Trinajstić information content (AvgIpc) is 2.51. The number of nitrogens with two attached hydrogens (primary N) is 1. The normalized spacial score (nSPS) is 12.0. The maximum Gasteiger partial charge on any atom is 0.0340 e. The zero-order valence-corrected chi connectivity index (χ0v) is 13.6. The lowest BCUT2D eigenvalue weighted by molar-refractivity contribution is 0.845. The van der Waals surface area contributed by atoms with Crippen molar-refractivity contribution >= 4 is 5.70 Å². The van der Waals surface area contributed by atoms with Gasteiger partial charge in [0.2, 0.25) is 0 Å². The second-order valence-electron chi connectivity index (χ2n) is 5.13. The molecule has 1 aromatic carbocycles. The number of rotatable bonds is 8. The van der Waals surface area contributed by atoms with Crippen LogP contribution in [0.4, 0.5) is 0 Å². The maximum absolute atomic E-state index is 5.70. The SMILES string of the molecule is C=C(/C=C\C=C/C)/C(=C\N)CCNC(=C)c1cccc(C)c1. The van der Waals surface area contributed by atoms with E-state index in [0.29, 0.717) is 0 Å². The lowest BCUT2D eigenvalue weighted by Crippen LogP contribution is -2.14. The van der Waals surface area contributed by atoms with E-state index in [4.69, 9.17) is 5.73 Å². The van der Waals surface area contributed by atoms with Crippen molar-refractivity contribution in [1.29, 1.82) is 0 Å². The fourth-order valence-corrected chi connectivity index (χ4v) is 2.02. The van der Waals surface area contributed by atoms with Gasteiger partial charge in [-0.2, -0.15) is 0 Å². The Balaban J connectivity index is 2.51. The van der Waals surface area contributed by atoms with Crippen LogP contribution < -0.4 is 11.1 Å². The molecular formula is C20H26N2. The van der Waals surface area contributed by atoms with E-state index in [1.807, 2.05) is 37.3 Å². The van der Waals surface area contributed by atoms with Gasteiger partial charge in [0.25, 0.3) is 0 Å². The van der Waals surface area contributed by atoms with Gasteiger partial charge >= 0.3 is 0 Å². The monoisotopic (exact) mass is 294 g/mol. The molecule has 0 aliphatic rings. The van der Waals surface area contributed by atoms with Crippen molar-refractivity contribution < 1.29 is 0 Å². The Morgan fingerprint density at radius 1 is 1.27 bits per heavy atom. The van der Waals surface area contributed by atoms with Crippen molar-refractivity contribution in [3.63, 3.8) is 0 Å². The quantitative estimate of drug-likeness (QED) is 0.694. The number of hydrogen-bond donors (Lipinski definition) is 2. The van der Waals surface area contributed by atoms with Crippen LogP contribution >= 0.6 is 0 Å². The molecule has 0 atom stereocenters. The Bertz CT molecular complexity index is 604. The Labute approximate surface area is 134 Å². The molecule has 0 aromatic heterocycles. The molecule has 0 heterocycles. The zero-order valence-electron chi connectivity index (χ0n) is 13.6. The third kappa shape index (κ3) is 5.88. The van der Waals surface area contributed by atoms with E-state index in [-0.39, 0.29) is 0 Å². The molecule has 22 heavy (non-hydrogen) atoms. The molecule has 116 valence electrons. The Morgan fingerprint density at radius 2 is 2.05 bits per heavy atom. The van der Waals surface area contributed by atoms with Crippen LogP contribution in [0.2, 0.25) is 0 Å². The largest absolute Gasteiger partial charge is 0.404 e. The molecule has 0 spiro atoms. The third-order valence-corrected chi connectivity index (χ3v) is 3.31. The molecule has 0 fully saturated rings. The molecule has 0 amide bonds. The summed E-state index contributed by atoms with van der Waals surface area (Å²) >= 11 is 0. The van der Waals surface area contributed by atoms with Gasteiger partial charge in [0.15, 0.2) is 0 Å². The Hall–Kier alpha value is -2.48. The number of nitrogens with one attached hydrogen (secondary N) is 1. The average molecular weight is 294 g/mol. The molecule has 0 saturated carbocycles. The first-order chi connectivity index (χ1) is 10.6. The van der Waals surface area contributed by atoms with E-state index in [0.717, 1.165) is 35.4 Å². The lowest BCUT2D eigenvalue weighted by Gasteiger charge is -2.12. The fraction of sp³-hybridized carbons (Fsp3) is 0.200. The van der Waals surface area contributed by atoms with Gasteiger partial charge in [0.05, 0.1) is 0 Å². The van der Waals surface area contributed by atoms with Crippen LogP contribution in [0, 0.1) is 6.92 Å². The molecular weight excluding hydrogens is 268 g/mol. The van der Waals surface area contributed by atoms with Gasteiger partial charge in [0.1, 0.15) is 0 Å². The van der Waals surface area contributed by atoms with Crippen molar-refractivity contribution in [1.82, 2.24) is 5.32 Å². The molecule has 0 aliphatic carbocycles. The summed E-state index contributed by atoms with van der Waals surface area (Å²) in [4.78, 5) is 0. The summed E-state index contributed by atoms with van der Waals surface area (Å²) in [5, 5.41) is 3.34. The molecule has 0 saturated heterocycles. The molecule has 1 aromatic rings. The highest BCUT2D eigenvalue weighted by atomic mass is 14.9. The summed E-state index contributed by atoms with van der Waals surface area (Å²) in [6.07, 6.45) is 10.3. The van der Waals surface area contributed by atoms with E-state index in [1.165, 1.54) is 5.56 Å². The van der Waals surface area contributed by atoms with Crippen molar-refractivity contribution in [2.24, 2.45) is 5.73 Å². The van der Waals surface area contributed by atoms with Gasteiger partial charge in [-0.3, -0.25) is 0 Å². The van der Waals surface area contributed by atoms with Gasteiger partial charge in [-0.1, -0.05) is 61.2 Å². The van der Waals surface area contributed by atoms with E-state index in [2.05, 4.69) is 43.6 Å². The van der Waals surface area contributed by atoms with Gasteiger partial charge in [0, 0.05) is 12.2 Å². The zero-order chi connectivity index (χ0) is 16.4. The van der Waals surface area contributed by atoms with Crippen LogP contribution in [0.3, 0.4) is 0 Å². The predicted octanol–water partition coefficient (Wildman–Crippen LogP) is 4.48. The minimum absolute atomic E-state index is 0.770. The van der Waals surface area contributed by atoms with E-state index in [9.17, 15) is 0 Å². The molecule has 0 aliphatic heterocycles. The second kappa shape index (κ2) is 9.46. The minimum Gasteiger partial charge on any atom is -0.404 e. The Kier molecular flexibility index (Phi) is 7.55. The summed E-state index contributed by atoms with van der Waals surface area (Å²) in [7, 11) is 0. The lowest BCUT2D eigenvalue weighted by atomic mass is 10.0. The molecule has 1 rings (SSSR count). The molecule has 0 radical (unpaired) electrons. The van der Waals surface area contributed by atoms with Gasteiger partial charge in [-0.15, -0.1) is 0 Å².